The third kappa shape index (κ3) is 3.93. The summed E-state index contributed by atoms with van der Waals surface area (Å²) in [6.07, 6.45) is 6.89. The van der Waals surface area contributed by atoms with Gasteiger partial charge in [0, 0.05) is 38.3 Å². The lowest BCUT2D eigenvalue weighted by Gasteiger charge is -2.46. The van der Waals surface area contributed by atoms with Gasteiger partial charge in [-0.2, -0.15) is 0 Å². The van der Waals surface area contributed by atoms with E-state index in [1.165, 1.54) is 64.8 Å². The van der Waals surface area contributed by atoms with Gasteiger partial charge in [0.15, 0.2) is 0 Å². The summed E-state index contributed by atoms with van der Waals surface area (Å²) in [6.45, 7) is 14.0. The van der Waals surface area contributed by atoms with Gasteiger partial charge in [-0.05, 0) is 45.6 Å². The maximum absolute atomic E-state index is 6.11. The molecule has 0 radical (unpaired) electrons. The van der Waals surface area contributed by atoms with Crippen LogP contribution in [0.1, 0.15) is 52.9 Å². The zero-order valence-electron chi connectivity index (χ0n) is 13.2. The molecule has 2 aliphatic rings. The van der Waals surface area contributed by atoms with Crippen LogP contribution in [-0.4, -0.2) is 54.6 Å². The zero-order valence-corrected chi connectivity index (χ0v) is 13.2. The minimum absolute atomic E-state index is 0.322. The van der Waals surface area contributed by atoms with E-state index >= 15 is 0 Å². The van der Waals surface area contributed by atoms with Gasteiger partial charge in [-0.25, -0.2) is 0 Å². The second-order valence-corrected chi connectivity index (χ2v) is 7.70. The Kier molecular flexibility index (Phi) is 4.91. The monoisotopic (exact) mass is 267 g/mol. The summed E-state index contributed by atoms with van der Waals surface area (Å²) < 4.78 is 0. The first-order valence-corrected chi connectivity index (χ1v) is 8.13. The van der Waals surface area contributed by atoms with Crippen LogP contribution in [0.3, 0.4) is 0 Å². The van der Waals surface area contributed by atoms with Crippen molar-refractivity contribution in [3.8, 4) is 0 Å². The summed E-state index contributed by atoms with van der Waals surface area (Å²) in [6, 6.07) is 0. The lowest BCUT2D eigenvalue weighted by molar-refractivity contribution is 0.0314. The molecule has 1 aliphatic heterocycles. The Morgan fingerprint density at radius 1 is 0.947 bits per heavy atom. The molecule has 0 spiro atoms. The lowest BCUT2D eigenvalue weighted by atomic mass is 9.73. The number of nitrogens with zero attached hydrogens (tertiary/aromatic N) is 2. The molecule has 19 heavy (non-hydrogen) atoms. The Bertz CT molecular complexity index is 268. The van der Waals surface area contributed by atoms with Gasteiger partial charge in [-0.15, -0.1) is 0 Å². The van der Waals surface area contributed by atoms with E-state index in [1.807, 2.05) is 0 Å². The fraction of sp³-hybridized carbons (Fsp3) is 1.00. The quantitative estimate of drug-likeness (QED) is 0.852. The van der Waals surface area contributed by atoms with E-state index < -0.39 is 0 Å². The standard InChI is InChI=1S/C16H33N3/c1-15(2,3)19-11-9-18(10-12-19)14-16(13-17)7-5-4-6-8-16/h4-14,17H2,1-3H3. The first-order chi connectivity index (χ1) is 8.95. The molecule has 1 saturated heterocycles. The molecule has 1 aliphatic carbocycles. The first kappa shape index (κ1) is 15.3. The van der Waals surface area contributed by atoms with Crippen LogP contribution in [0.4, 0.5) is 0 Å². The number of hydrogen-bond donors (Lipinski definition) is 1. The highest BCUT2D eigenvalue weighted by Crippen LogP contribution is 2.36. The third-order valence-electron chi connectivity index (χ3n) is 5.23. The summed E-state index contributed by atoms with van der Waals surface area (Å²) in [7, 11) is 0. The van der Waals surface area contributed by atoms with Gasteiger partial charge >= 0.3 is 0 Å². The van der Waals surface area contributed by atoms with Crippen molar-refractivity contribution in [1.82, 2.24) is 9.80 Å². The predicted octanol–water partition coefficient (Wildman–Crippen LogP) is 2.31. The van der Waals surface area contributed by atoms with E-state index in [-0.39, 0.29) is 0 Å². The van der Waals surface area contributed by atoms with Crippen molar-refractivity contribution in [2.75, 3.05) is 39.3 Å². The van der Waals surface area contributed by atoms with Crippen molar-refractivity contribution in [3.63, 3.8) is 0 Å². The molecule has 1 heterocycles. The van der Waals surface area contributed by atoms with E-state index in [9.17, 15) is 0 Å². The predicted molar refractivity (Wildman–Crippen MR) is 82.3 cm³/mol. The normalized spacial score (nSPS) is 26.5. The molecule has 0 aromatic rings. The van der Waals surface area contributed by atoms with Gasteiger partial charge in [0.2, 0.25) is 0 Å². The average molecular weight is 267 g/mol. The Labute approximate surface area is 119 Å². The highest BCUT2D eigenvalue weighted by molar-refractivity contribution is 4.89. The Hall–Kier alpha value is -0.120. The first-order valence-electron chi connectivity index (χ1n) is 8.13. The van der Waals surface area contributed by atoms with E-state index in [1.54, 1.807) is 0 Å². The van der Waals surface area contributed by atoms with Gasteiger partial charge in [-0.3, -0.25) is 4.90 Å². The van der Waals surface area contributed by atoms with Crippen molar-refractivity contribution < 1.29 is 0 Å². The molecule has 0 bridgehead atoms. The average Bonchev–Trinajstić information content (AvgIpc) is 2.39. The molecule has 0 unspecified atom stereocenters. The highest BCUT2D eigenvalue weighted by atomic mass is 15.3. The van der Waals surface area contributed by atoms with E-state index in [0.717, 1.165) is 6.54 Å². The van der Waals surface area contributed by atoms with Crippen molar-refractivity contribution in [2.24, 2.45) is 11.1 Å². The molecule has 2 N–H and O–H groups in total. The van der Waals surface area contributed by atoms with E-state index in [0.29, 0.717) is 11.0 Å². The number of nitrogens with two attached hydrogens (primary N) is 1. The van der Waals surface area contributed by atoms with Crippen LogP contribution in [0.25, 0.3) is 0 Å². The Balaban J connectivity index is 1.84. The van der Waals surface area contributed by atoms with E-state index in [2.05, 4.69) is 30.6 Å². The van der Waals surface area contributed by atoms with Crippen molar-refractivity contribution in [1.29, 1.82) is 0 Å². The van der Waals surface area contributed by atoms with Gasteiger partial charge in [0.05, 0.1) is 0 Å². The molecule has 0 aromatic carbocycles. The maximum atomic E-state index is 6.11. The fourth-order valence-electron chi connectivity index (χ4n) is 3.78. The molecular weight excluding hydrogens is 234 g/mol. The van der Waals surface area contributed by atoms with Crippen LogP contribution < -0.4 is 5.73 Å². The maximum Gasteiger partial charge on any atom is 0.0126 e. The van der Waals surface area contributed by atoms with Crippen LogP contribution in [0, 0.1) is 5.41 Å². The molecule has 3 heteroatoms. The molecule has 0 aromatic heterocycles. The van der Waals surface area contributed by atoms with Gasteiger partial charge < -0.3 is 10.6 Å². The van der Waals surface area contributed by atoms with Crippen molar-refractivity contribution >= 4 is 0 Å². The summed E-state index contributed by atoms with van der Waals surface area (Å²) in [5.41, 5.74) is 6.87. The van der Waals surface area contributed by atoms with E-state index in [4.69, 9.17) is 5.73 Å². The van der Waals surface area contributed by atoms with Crippen LogP contribution in [0.5, 0.6) is 0 Å². The van der Waals surface area contributed by atoms with Crippen LogP contribution in [-0.2, 0) is 0 Å². The molecule has 1 saturated carbocycles. The lowest BCUT2D eigenvalue weighted by Crippen LogP contribution is -2.56. The Morgan fingerprint density at radius 3 is 2.00 bits per heavy atom. The number of piperazine rings is 1. The third-order valence-corrected chi connectivity index (χ3v) is 5.23. The zero-order chi connectivity index (χ0) is 13.9. The van der Waals surface area contributed by atoms with Gasteiger partial charge in [0.25, 0.3) is 0 Å². The van der Waals surface area contributed by atoms with Gasteiger partial charge in [0.1, 0.15) is 0 Å². The fourth-order valence-corrected chi connectivity index (χ4v) is 3.78. The van der Waals surface area contributed by atoms with Gasteiger partial charge in [-0.1, -0.05) is 19.3 Å². The summed E-state index contributed by atoms with van der Waals surface area (Å²) in [5.74, 6) is 0. The molecular formula is C16H33N3. The minimum Gasteiger partial charge on any atom is -0.330 e. The molecule has 3 nitrogen and oxygen atoms in total. The largest absolute Gasteiger partial charge is 0.330 e. The minimum atomic E-state index is 0.322. The summed E-state index contributed by atoms with van der Waals surface area (Å²) in [5, 5.41) is 0. The molecule has 0 amide bonds. The van der Waals surface area contributed by atoms with Crippen LogP contribution >= 0.6 is 0 Å². The van der Waals surface area contributed by atoms with Crippen molar-refractivity contribution in [2.45, 2.75) is 58.4 Å². The second kappa shape index (κ2) is 6.11. The number of hydrogen-bond acceptors (Lipinski definition) is 3. The van der Waals surface area contributed by atoms with Crippen LogP contribution in [0.15, 0.2) is 0 Å². The summed E-state index contributed by atoms with van der Waals surface area (Å²) >= 11 is 0. The van der Waals surface area contributed by atoms with Crippen LogP contribution in [0.2, 0.25) is 0 Å². The van der Waals surface area contributed by atoms with Crippen molar-refractivity contribution in [3.05, 3.63) is 0 Å². The Morgan fingerprint density at radius 2 is 1.53 bits per heavy atom. The molecule has 112 valence electrons. The smallest absolute Gasteiger partial charge is 0.0126 e. The molecule has 0 atom stereocenters. The SMILES string of the molecule is CC(C)(C)N1CCN(CC2(CN)CCCCC2)CC1. The topological polar surface area (TPSA) is 32.5 Å². The number of rotatable bonds is 3. The molecule has 2 rings (SSSR count). The highest BCUT2D eigenvalue weighted by Gasteiger charge is 2.34. The summed E-state index contributed by atoms with van der Waals surface area (Å²) in [4.78, 5) is 5.28. The molecule has 2 fully saturated rings. The second-order valence-electron chi connectivity index (χ2n) is 7.70.